The van der Waals surface area contributed by atoms with Gasteiger partial charge >= 0.3 is 0 Å². The van der Waals surface area contributed by atoms with Crippen LogP contribution in [0.15, 0.2) is 77.9 Å². The molecule has 0 bridgehead atoms. The van der Waals surface area contributed by atoms with E-state index in [2.05, 4.69) is 10.5 Å². The largest absolute Gasteiger partial charge is 0.493 e. The zero-order valence-electron chi connectivity index (χ0n) is 16.1. The number of methoxy groups -OCH3 is 2. The minimum atomic E-state index is 0.519. The summed E-state index contributed by atoms with van der Waals surface area (Å²) in [5.41, 5.74) is 6.14. The van der Waals surface area contributed by atoms with Crippen LogP contribution in [0, 0.1) is 0 Å². The van der Waals surface area contributed by atoms with E-state index in [9.17, 15) is 0 Å². The molecule has 0 amide bonds. The van der Waals surface area contributed by atoms with Crippen LogP contribution in [0.4, 0.5) is 0 Å². The molecule has 0 saturated carbocycles. The highest BCUT2D eigenvalue weighted by atomic mass is 16.5. The second-order valence-corrected chi connectivity index (χ2v) is 6.09. The summed E-state index contributed by atoms with van der Waals surface area (Å²) >= 11 is 0. The molecule has 3 rings (SSSR count). The van der Waals surface area contributed by atoms with Crippen LogP contribution < -0.4 is 19.6 Å². The number of hydrogen-bond acceptors (Lipinski definition) is 5. The summed E-state index contributed by atoms with van der Waals surface area (Å²) < 4.78 is 16.5. The van der Waals surface area contributed by atoms with Gasteiger partial charge in [0.1, 0.15) is 12.4 Å². The first-order valence-corrected chi connectivity index (χ1v) is 9.02. The molecule has 0 aliphatic carbocycles. The summed E-state index contributed by atoms with van der Waals surface area (Å²) in [5.74, 6) is 2.20. The minimum Gasteiger partial charge on any atom is -0.493 e. The first kappa shape index (κ1) is 19.3. The molecule has 0 aromatic heterocycles. The average molecular weight is 376 g/mol. The van der Waals surface area contributed by atoms with Crippen molar-refractivity contribution in [2.24, 2.45) is 5.10 Å². The van der Waals surface area contributed by atoms with Gasteiger partial charge in [-0.1, -0.05) is 48.5 Å². The smallest absolute Gasteiger partial charge is 0.161 e. The summed E-state index contributed by atoms with van der Waals surface area (Å²) in [5, 5.41) is 4.32. The van der Waals surface area contributed by atoms with Gasteiger partial charge in [0, 0.05) is 5.56 Å². The first-order valence-electron chi connectivity index (χ1n) is 9.02. The van der Waals surface area contributed by atoms with E-state index < -0.39 is 0 Å². The summed E-state index contributed by atoms with van der Waals surface area (Å²) in [6.07, 6.45) is 1.76. The fourth-order valence-corrected chi connectivity index (χ4v) is 2.70. The fraction of sp³-hybridized carbons (Fsp3) is 0.174. The molecule has 5 heteroatoms. The highest BCUT2D eigenvalue weighted by Crippen LogP contribution is 2.27. The molecule has 0 unspecified atom stereocenters. The molecule has 0 heterocycles. The third kappa shape index (κ3) is 5.27. The maximum atomic E-state index is 5.94. The van der Waals surface area contributed by atoms with Crippen LogP contribution in [-0.2, 0) is 13.2 Å². The minimum absolute atomic E-state index is 0.519. The molecule has 0 radical (unpaired) electrons. The number of nitrogens with one attached hydrogen (secondary N) is 1. The van der Waals surface area contributed by atoms with E-state index in [4.69, 9.17) is 14.2 Å². The van der Waals surface area contributed by atoms with Crippen molar-refractivity contribution >= 4 is 6.21 Å². The molecular formula is C23H24N2O3. The Kier molecular flexibility index (Phi) is 6.90. The summed E-state index contributed by atoms with van der Waals surface area (Å²) in [6.45, 7) is 1.09. The maximum Gasteiger partial charge on any atom is 0.161 e. The third-order valence-electron chi connectivity index (χ3n) is 4.18. The molecule has 0 atom stereocenters. The molecule has 5 nitrogen and oxygen atoms in total. The number of benzene rings is 3. The molecule has 3 aromatic rings. The van der Waals surface area contributed by atoms with Gasteiger partial charge in [0.2, 0.25) is 0 Å². The van der Waals surface area contributed by atoms with Gasteiger partial charge in [0.15, 0.2) is 11.5 Å². The molecule has 0 fully saturated rings. The molecule has 0 aliphatic rings. The summed E-state index contributed by atoms with van der Waals surface area (Å²) in [6, 6.07) is 23.7. The number of hydrazone groups is 1. The Morgan fingerprint density at radius 3 is 2.32 bits per heavy atom. The van der Waals surface area contributed by atoms with Crippen molar-refractivity contribution in [3.05, 3.63) is 89.5 Å². The number of para-hydroxylation sites is 1. The lowest BCUT2D eigenvalue weighted by Crippen LogP contribution is -2.06. The van der Waals surface area contributed by atoms with Gasteiger partial charge in [-0.15, -0.1) is 0 Å². The second kappa shape index (κ2) is 10.0. The molecule has 1 N–H and O–H groups in total. The molecule has 28 heavy (non-hydrogen) atoms. The van der Waals surface area contributed by atoms with Crippen molar-refractivity contribution in [3.8, 4) is 17.2 Å². The molecule has 0 saturated heterocycles. The standard InChI is InChI=1S/C23H24N2O3/c1-26-22-13-12-19(14-23(22)27-2)15-24-25-16-20-10-6-7-11-21(20)28-17-18-8-4-3-5-9-18/h3-14,16,24H,15,17H2,1-2H3/b25-16+. The van der Waals surface area contributed by atoms with Gasteiger partial charge in [-0.2, -0.15) is 5.10 Å². The highest BCUT2D eigenvalue weighted by molar-refractivity contribution is 5.83. The van der Waals surface area contributed by atoms with Crippen molar-refractivity contribution in [3.63, 3.8) is 0 Å². The third-order valence-corrected chi connectivity index (χ3v) is 4.18. The Hall–Kier alpha value is -3.47. The van der Waals surface area contributed by atoms with Gasteiger partial charge in [-0.05, 0) is 35.4 Å². The lowest BCUT2D eigenvalue weighted by atomic mass is 10.2. The van der Waals surface area contributed by atoms with E-state index in [0.717, 1.165) is 22.4 Å². The second-order valence-electron chi connectivity index (χ2n) is 6.09. The van der Waals surface area contributed by atoms with Crippen LogP contribution in [0.1, 0.15) is 16.7 Å². The van der Waals surface area contributed by atoms with Crippen LogP contribution in [0.25, 0.3) is 0 Å². The van der Waals surface area contributed by atoms with Crippen molar-refractivity contribution < 1.29 is 14.2 Å². The Labute approximate surface area is 165 Å². The Balaban J connectivity index is 1.59. The van der Waals surface area contributed by atoms with Crippen molar-refractivity contribution in [1.82, 2.24) is 5.43 Å². The normalized spacial score (nSPS) is 10.6. The van der Waals surface area contributed by atoms with Gasteiger partial charge in [-0.25, -0.2) is 0 Å². The number of rotatable bonds is 9. The Morgan fingerprint density at radius 1 is 0.786 bits per heavy atom. The highest BCUT2D eigenvalue weighted by Gasteiger charge is 2.04. The van der Waals surface area contributed by atoms with Crippen molar-refractivity contribution in [1.29, 1.82) is 0 Å². The quantitative estimate of drug-likeness (QED) is 0.444. The summed E-state index contributed by atoms with van der Waals surface area (Å²) in [7, 11) is 3.25. The Morgan fingerprint density at radius 2 is 1.54 bits per heavy atom. The summed E-state index contributed by atoms with van der Waals surface area (Å²) in [4.78, 5) is 0. The number of nitrogens with zero attached hydrogens (tertiary/aromatic N) is 1. The SMILES string of the molecule is COc1ccc(CN/N=C/c2ccccc2OCc2ccccc2)cc1OC. The van der Waals surface area contributed by atoms with Gasteiger partial charge < -0.3 is 19.6 Å². The number of hydrogen-bond donors (Lipinski definition) is 1. The van der Waals surface area contributed by atoms with Crippen LogP contribution >= 0.6 is 0 Å². The lowest BCUT2D eigenvalue weighted by Gasteiger charge is -2.10. The van der Waals surface area contributed by atoms with E-state index in [-0.39, 0.29) is 0 Å². The molecule has 144 valence electrons. The molecule has 0 aliphatic heterocycles. The lowest BCUT2D eigenvalue weighted by molar-refractivity contribution is 0.306. The number of ether oxygens (including phenoxy) is 3. The topological polar surface area (TPSA) is 52.1 Å². The van der Waals surface area contributed by atoms with Crippen LogP contribution in [0.2, 0.25) is 0 Å². The van der Waals surface area contributed by atoms with Gasteiger partial charge in [0.05, 0.1) is 27.0 Å². The van der Waals surface area contributed by atoms with Crippen LogP contribution in [-0.4, -0.2) is 20.4 Å². The average Bonchev–Trinajstić information content (AvgIpc) is 2.76. The Bertz CT molecular complexity index is 911. The fourth-order valence-electron chi connectivity index (χ4n) is 2.70. The molecule has 0 spiro atoms. The van der Waals surface area contributed by atoms with Crippen LogP contribution in [0.5, 0.6) is 17.2 Å². The molecular weight excluding hydrogens is 352 g/mol. The monoisotopic (exact) mass is 376 g/mol. The predicted molar refractivity (Wildman–Crippen MR) is 111 cm³/mol. The van der Waals surface area contributed by atoms with E-state index in [0.29, 0.717) is 24.7 Å². The van der Waals surface area contributed by atoms with Crippen LogP contribution in [0.3, 0.4) is 0 Å². The van der Waals surface area contributed by atoms with E-state index in [1.54, 1.807) is 20.4 Å². The van der Waals surface area contributed by atoms with E-state index in [1.165, 1.54) is 0 Å². The predicted octanol–water partition coefficient (Wildman–Crippen LogP) is 4.41. The zero-order chi connectivity index (χ0) is 19.6. The van der Waals surface area contributed by atoms with Gasteiger partial charge in [0.25, 0.3) is 0 Å². The van der Waals surface area contributed by atoms with E-state index >= 15 is 0 Å². The van der Waals surface area contributed by atoms with E-state index in [1.807, 2.05) is 72.8 Å². The van der Waals surface area contributed by atoms with Crippen molar-refractivity contribution in [2.45, 2.75) is 13.2 Å². The maximum absolute atomic E-state index is 5.94. The van der Waals surface area contributed by atoms with Gasteiger partial charge in [-0.3, -0.25) is 0 Å². The molecule has 3 aromatic carbocycles. The van der Waals surface area contributed by atoms with Crippen molar-refractivity contribution in [2.75, 3.05) is 14.2 Å². The zero-order valence-corrected chi connectivity index (χ0v) is 16.1. The first-order chi connectivity index (χ1) is 13.8.